The summed E-state index contributed by atoms with van der Waals surface area (Å²) in [5.41, 5.74) is 8.34. The molecule has 2 saturated heterocycles. The maximum atomic E-state index is 12.9. The fourth-order valence-electron chi connectivity index (χ4n) is 3.90. The third kappa shape index (κ3) is 4.21. The van der Waals surface area contributed by atoms with Crippen molar-refractivity contribution in [1.82, 2.24) is 9.80 Å². The van der Waals surface area contributed by atoms with E-state index in [1.54, 1.807) is 0 Å². The van der Waals surface area contributed by atoms with Gasteiger partial charge in [0, 0.05) is 38.6 Å². The molecule has 0 spiro atoms. The molecule has 1 aromatic rings. The lowest BCUT2D eigenvalue weighted by Gasteiger charge is -2.35. The lowest BCUT2D eigenvalue weighted by atomic mass is 9.91. The molecule has 2 N–H and O–H groups in total. The first-order valence-electron chi connectivity index (χ1n) is 9.31. The lowest BCUT2D eigenvalue weighted by Crippen LogP contribution is -2.47. The minimum absolute atomic E-state index is 0.0830. The number of benzene rings is 1. The van der Waals surface area contributed by atoms with Gasteiger partial charge in [-0.25, -0.2) is 0 Å². The SMILES string of the molecule is Cc1ccc(CN2CC(C(=O)N3CCCC(C(C)N)C3)CC2=O)cc1. The average Bonchev–Trinajstić information content (AvgIpc) is 2.97. The predicted molar refractivity (Wildman–Crippen MR) is 97.7 cm³/mol. The molecule has 5 nitrogen and oxygen atoms in total. The number of piperidine rings is 1. The van der Waals surface area contributed by atoms with Gasteiger partial charge in [0.15, 0.2) is 0 Å². The van der Waals surface area contributed by atoms with Gasteiger partial charge in [-0.15, -0.1) is 0 Å². The Morgan fingerprint density at radius 1 is 1.28 bits per heavy atom. The van der Waals surface area contributed by atoms with E-state index in [1.165, 1.54) is 5.56 Å². The van der Waals surface area contributed by atoms with Crippen LogP contribution in [0.5, 0.6) is 0 Å². The summed E-state index contributed by atoms with van der Waals surface area (Å²) < 4.78 is 0. The predicted octanol–water partition coefficient (Wildman–Crippen LogP) is 1.93. The number of aryl methyl sites for hydroxylation is 1. The van der Waals surface area contributed by atoms with E-state index in [2.05, 4.69) is 24.3 Å². The quantitative estimate of drug-likeness (QED) is 0.908. The number of rotatable bonds is 4. The van der Waals surface area contributed by atoms with E-state index in [0.29, 0.717) is 25.4 Å². The van der Waals surface area contributed by atoms with Gasteiger partial charge in [-0.3, -0.25) is 9.59 Å². The maximum absolute atomic E-state index is 12.9. The standard InChI is InChI=1S/C20H29N3O2/c1-14-5-7-16(8-6-14)11-23-13-18(10-19(23)24)20(25)22-9-3-4-17(12-22)15(2)21/h5-8,15,17-18H,3-4,9-13,21H2,1-2H3. The molecule has 3 atom stereocenters. The molecule has 2 aliphatic heterocycles. The van der Waals surface area contributed by atoms with Crippen LogP contribution in [-0.2, 0) is 16.1 Å². The fourth-order valence-corrected chi connectivity index (χ4v) is 3.90. The number of amides is 2. The Morgan fingerprint density at radius 3 is 2.68 bits per heavy atom. The Bertz CT molecular complexity index is 626. The van der Waals surface area contributed by atoms with Crippen molar-refractivity contribution < 1.29 is 9.59 Å². The zero-order valence-corrected chi connectivity index (χ0v) is 15.3. The Labute approximate surface area is 150 Å². The third-order valence-electron chi connectivity index (χ3n) is 5.57. The highest BCUT2D eigenvalue weighted by molar-refractivity contribution is 5.89. The van der Waals surface area contributed by atoms with Gasteiger partial charge >= 0.3 is 0 Å². The van der Waals surface area contributed by atoms with E-state index in [-0.39, 0.29) is 23.8 Å². The van der Waals surface area contributed by atoms with Gasteiger partial charge in [0.25, 0.3) is 0 Å². The summed E-state index contributed by atoms with van der Waals surface area (Å²) >= 11 is 0. The van der Waals surface area contributed by atoms with Gasteiger partial charge in [0.05, 0.1) is 5.92 Å². The van der Waals surface area contributed by atoms with Crippen LogP contribution in [0.2, 0.25) is 0 Å². The van der Waals surface area contributed by atoms with Gasteiger partial charge in [-0.1, -0.05) is 29.8 Å². The van der Waals surface area contributed by atoms with Crippen LogP contribution in [0.15, 0.2) is 24.3 Å². The zero-order valence-electron chi connectivity index (χ0n) is 15.3. The summed E-state index contributed by atoms with van der Waals surface area (Å²) in [6.45, 7) is 6.72. The largest absolute Gasteiger partial charge is 0.342 e. The van der Waals surface area contributed by atoms with Crippen LogP contribution in [0.1, 0.15) is 37.3 Å². The number of carbonyl (C=O) groups is 2. The number of hydrogen-bond acceptors (Lipinski definition) is 3. The minimum atomic E-state index is -0.204. The second-order valence-electron chi connectivity index (χ2n) is 7.71. The topological polar surface area (TPSA) is 66.6 Å². The molecule has 5 heteroatoms. The van der Waals surface area contributed by atoms with Crippen LogP contribution in [-0.4, -0.2) is 47.3 Å². The first kappa shape index (κ1) is 17.9. The van der Waals surface area contributed by atoms with Crippen molar-refractivity contribution >= 4 is 11.8 Å². The zero-order chi connectivity index (χ0) is 18.0. The van der Waals surface area contributed by atoms with Crippen molar-refractivity contribution in [3.63, 3.8) is 0 Å². The molecule has 0 aliphatic carbocycles. The first-order valence-corrected chi connectivity index (χ1v) is 9.31. The summed E-state index contributed by atoms with van der Waals surface area (Å²) in [5, 5.41) is 0. The summed E-state index contributed by atoms with van der Waals surface area (Å²) in [7, 11) is 0. The molecule has 25 heavy (non-hydrogen) atoms. The van der Waals surface area contributed by atoms with Gasteiger partial charge in [-0.2, -0.15) is 0 Å². The van der Waals surface area contributed by atoms with Crippen molar-refractivity contribution in [2.45, 2.75) is 45.7 Å². The number of likely N-dealkylation sites (tertiary alicyclic amines) is 2. The maximum Gasteiger partial charge on any atom is 0.228 e. The van der Waals surface area contributed by atoms with Crippen LogP contribution in [0.25, 0.3) is 0 Å². The molecule has 0 radical (unpaired) electrons. The minimum Gasteiger partial charge on any atom is -0.342 e. The van der Waals surface area contributed by atoms with E-state index in [9.17, 15) is 9.59 Å². The van der Waals surface area contributed by atoms with Crippen LogP contribution < -0.4 is 5.73 Å². The molecule has 3 rings (SSSR count). The Morgan fingerprint density at radius 2 is 2.00 bits per heavy atom. The Hall–Kier alpha value is -1.88. The molecular formula is C20H29N3O2. The molecule has 0 bridgehead atoms. The van der Waals surface area contributed by atoms with Crippen LogP contribution >= 0.6 is 0 Å². The van der Waals surface area contributed by atoms with Gasteiger partial charge < -0.3 is 15.5 Å². The molecule has 2 fully saturated rings. The van der Waals surface area contributed by atoms with E-state index >= 15 is 0 Å². The number of carbonyl (C=O) groups excluding carboxylic acids is 2. The highest BCUT2D eigenvalue weighted by Gasteiger charge is 2.37. The molecule has 2 amide bonds. The highest BCUT2D eigenvalue weighted by Crippen LogP contribution is 2.26. The van der Waals surface area contributed by atoms with E-state index in [4.69, 9.17) is 5.73 Å². The molecule has 2 aliphatic rings. The summed E-state index contributed by atoms with van der Waals surface area (Å²) in [6.07, 6.45) is 2.43. The smallest absolute Gasteiger partial charge is 0.228 e. The van der Waals surface area contributed by atoms with Crippen LogP contribution in [0.4, 0.5) is 0 Å². The highest BCUT2D eigenvalue weighted by atomic mass is 16.2. The normalized spacial score (nSPS) is 25.3. The average molecular weight is 343 g/mol. The molecule has 136 valence electrons. The third-order valence-corrected chi connectivity index (χ3v) is 5.57. The first-order chi connectivity index (χ1) is 11.9. The van der Waals surface area contributed by atoms with Crippen LogP contribution in [0, 0.1) is 18.8 Å². The van der Waals surface area contributed by atoms with Crippen molar-refractivity contribution in [3.05, 3.63) is 35.4 Å². The van der Waals surface area contributed by atoms with Crippen molar-refractivity contribution in [2.75, 3.05) is 19.6 Å². The summed E-state index contributed by atoms with van der Waals surface area (Å²) in [5.74, 6) is 0.382. The molecular weight excluding hydrogens is 314 g/mol. The Balaban J connectivity index is 1.59. The second kappa shape index (κ2) is 7.56. The Kier molecular flexibility index (Phi) is 5.42. The molecule has 2 heterocycles. The molecule has 1 aromatic carbocycles. The number of nitrogens with two attached hydrogens (primary N) is 1. The van der Waals surface area contributed by atoms with E-state index < -0.39 is 0 Å². The fraction of sp³-hybridized carbons (Fsp3) is 0.600. The van der Waals surface area contributed by atoms with Gasteiger partial charge in [0.2, 0.25) is 11.8 Å². The number of hydrogen-bond donors (Lipinski definition) is 1. The molecule has 3 unspecified atom stereocenters. The van der Waals surface area contributed by atoms with Gasteiger partial charge in [0.1, 0.15) is 0 Å². The monoisotopic (exact) mass is 343 g/mol. The summed E-state index contributed by atoms with van der Waals surface area (Å²) in [6, 6.07) is 8.32. The lowest BCUT2D eigenvalue weighted by molar-refractivity contribution is -0.137. The number of nitrogens with zero attached hydrogens (tertiary/aromatic N) is 2. The van der Waals surface area contributed by atoms with Gasteiger partial charge in [-0.05, 0) is 38.2 Å². The van der Waals surface area contributed by atoms with Crippen LogP contribution in [0.3, 0.4) is 0 Å². The second-order valence-corrected chi connectivity index (χ2v) is 7.71. The van der Waals surface area contributed by atoms with E-state index in [1.807, 2.05) is 23.6 Å². The van der Waals surface area contributed by atoms with Crippen molar-refractivity contribution in [3.8, 4) is 0 Å². The molecule has 0 saturated carbocycles. The van der Waals surface area contributed by atoms with Crippen molar-refractivity contribution in [2.24, 2.45) is 17.6 Å². The van der Waals surface area contributed by atoms with E-state index in [0.717, 1.165) is 31.5 Å². The van der Waals surface area contributed by atoms with Crippen molar-refractivity contribution in [1.29, 1.82) is 0 Å². The molecule has 0 aromatic heterocycles. The summed E-state index contributed by atoms with van der Waals surface area (Å²) in [4.78, 5) is 29.0.